The highest BCUT2D eigenvalue weighted by Crippen LogP contribution is 2.19. The van der Waals surface area contributed by atoms with Crippen molar-refractivity contribution in [3.63, 3.8) is 0 Å². The zero-order valence-electron chi connectivity index (χ0n) is 16.6. The predicted octanol–water partition coefficient (Wildman–Crippen LogP) is 0.194. The molecule has 32 heavy (non-hydrogen) atoms. The van der Waals surface area contributed by atoms with E-state index in [-0.39, 0.29) is 18.9 Å². The Morgan fingerprint density at radius 2 is 1.38 bits per heavy atom. The molecule has 0 aliphatic rings. The molecule has 0 amide bonds. The van der Waals surface area contributed by atoms with Crippen LogP contribution in [0.1, 0.15) is 23.0 Å². The third-order valence-corrected chi connectivity index (χ3v) is 4.39. The van der Waals surface area contributed by atoms with Gasteiger partial charge in [0, 0.05) is 11.8 Å². The molecule has 0 saturated heterocycles. The van der Waals surface area contributed by atoms with Gasteiger partial charge in [-0.2, -0.15) is 9.59 Å². The van der Waals surface area contributed by atoms with Gasteiger partial charge in [-0.1, -0.05) is 0 Å². The van der Waals surface area contributed by atoms with E-state index < -0.39 is 11.6 Å². The second-order valence-corrected chi connectivity index (χ2v) is 6.58. The SMILES string of the molecule is Cc1oc(=O)oc1Cn1nnc(-c2ccnc(-c3nnn(Cc4oc(=O)oc4C)n3)c2)n1. The highest BCUT2D eigenvalue weighted by Gasteiger charge is 2.16. The summed E-state index contributed by atoms with van der Waals surface area (Å²) in [6, 6.07) is 3.37. The summed E-state index contributed by atoms with van der Waals surface area (Å²) in [5.41, 5.74) is 1.03. The molecule has 5 aromatic heterocycles. The maximum Gasteiger partial charge on any atom is 0.519 e. The van der Waals surface area contributed by atoms with Crippen LogP contribution in [0.5, 0.6) is 0 Å². The van der Waals surface area contributed by atoms with Crippen molar-refractivity contribution in [3.8, 4) is 22.9 Å². The lowest BCUT2D eigenvalue weighted by atomic mass is 10.2. The first-order valence-electron chi connectivity index (χ1n) is 9.16. The molecule has 5 aromatic rings. The predicted molar refractivity (Wildman–Crippen MR) is 100 cm³/mol. The summed E-state index contributed by atoms with van der Waals surface area (Å²) < 4.78 is 19.5. The van der Waals surface area contributed by atoms with Gasteiger partial charge in [0.2, 0.25) is 11.6 Å². The highest BCUT2D eigenvalue weighted by atomic mass is 16.6. The smallest absolute Gasteiger partial charge is 0.396 e. The fourth-order valence-electron chi connectivity index (χ4n) is 2.82. The van der Waals surface area contributed by atoms with Gasteiger partial charge in [0.15, 0.2) is 11.5 Å². The summed E-state index contributed by atoms with van der Waals surface area (Å²) in [6.07, 6.45) is 1.55. The van der Waals surface area contributed by atoms with Gasteiger partial charge in [0.25, 0.3) is 0 Å². The molecule has 0 aliphatic carbocycles. The Morgan fingerprint density at radius 3 is 1.94 bits per heavy atom. The molecule has 0 atom stereocenters. The molecular formula is C17H13N9O6. The molecule has 5 rings (SSSR count). The van der Waals surface area contributed by atoms with E-state index in [0.29, 0.717) is 40.1 Å². The molecule has 0 aromatic carbocycles. The van der Waals surface area contributed by atoms with Gasteiger partial charge in [-0.15, -0.1) is 20.4 Å². The van der Waals surface area contributed by atoms with Crippen LogP contribution in [0.15, 0.2) is 45.6 Å². The average Bonchev–Trinajstić information content (AvgIpc) is 3.53. The van der Waals surface area contributed by atoms with E-state index in [1.165, 1.54) is 9.59 Å². The molecule has 15 nitrogen and oxygen atoms in total. The van der Waals surface area contributed by atoms with Crippen LogP contribution in [0.3, 0.4) is 0 Å². The summed E-state index contributed by atoms with van der Waals surface area (Å²) in [7, 11) is 0. The van der Waals surface area contributed by atoms with Crippen molar-refractivity contribution in [2.24, 2.45) is 0 Å². The summed E-state index contributed by atoms with van der Waals surface area (Å²) in [4.78, 5) is 29.1. The van der Waals surface area contributed by atoms with Gasteiger partial charge in [0.1, 0.15) is 30.3 Å². The number of hydrogen-bond acceptors (Lipinski definition) is 13. The number of aromatic nitrogens is 9. The van der Waals surface area contributed by atoms with Gasteiger partial charge in [-0.25, -0.2) is 9.59 Å². The Balaban J connectivity index is 1.36. The standard InChI is InChI=1S/C17H13N9O6/c1-8-12(31-16(27)29-8)6-25-21-14(19-23-25)10-3-4-18-11(5-10)15-20-24-26(22-15)7-13-9(2)30-17(28)32-13/h3-5H,6-7H2,1-2H3. The number of aryl methyl sites for hydroxylation is 2. The number of hydrogen-bond donors (Lipinski definition) is 0. The van der Waals surface area contributed by atoms with E-state index in [9.17, 15) is 9.59 Å². The van der Waals surface area contributed by atoms with Gasteiger partial charge < -0.3 is 17.7 Å². The van der Waals surface area contributed by atoms with Crippen molar-refractivity contribution in [2.75, 3.05) is 0 Å². The van der Waals surface area contributed by atoms with E-state index in [1.54, 1.807) is 32.2 Å². The molecule has 0 spiro atoms. The third-order valence-electron chi connectivity index (χ3n) is 4.39. The van der Waals surface area contributed by atoms with Gasteiger partial charge in [0.05, 0.1) is 0 Å². The van der Waals surface area contributed by atoms with E-state index in [0.717, 1.165) is 0 Å². The van der Waals surface area contributed by atoms with Crippen molar-refractivity contribution >= 4 is 0 Å². The Labute approximate surface area is 176 Å². The quantitative estimate of drug-likeness (QED) is 0.349. The zero-order chi connectivity index (χ0) is 22.2. The molecule has 0 bridgehead atoms. The molecule has 0 aliphatic heterocycles. The number of tetrazole rings is 2. The maximum absolute atomic E-state index is 11.2. The van der Waals surface area contributed by atoms with Gasteiger partial charge >= 0.3 is 11.6 Å². The first kappa shape index (κ1) is 19.3. The lowest BCUT2D eigenvalue weighted by molar-refractivity contribution is 0.361. The van der Waals surface area contributed by atoms with Crippen LogP contribution in [-0.2, 0) is 13.1 Å². The van der Waals surface area contributed by atoms with E-state index in [4.69, 9.17) is 17.7 Å². The van der Waals surface area contributed by atoms with Gasteiger partial charge in [-0.3, -0.25) is 4.98 Å². The Morgan fingerprint density at radius 1 is 0.812 bits per heavy atom. The average molecular weight is 439 g/mol. The zero-order valence-corrected chi connectivity index (χ0v) is 16.6. The van der Waals surface area contributed by atoms with Crippen LogP contribution in [0.4, 0.5) is 0 Å². The van der Waals surface area contributed by atoms with Gasteiger partial charge in [-0.05, 0) is 36.4 Å². The second kappa shape index (κ2) is 7.53. The Hall–Kier alpha value is -4.69. The molecule has 0 fully saturated rings. The molecule has 0 N–H and O–H groups in total. The van der Waals surface area contributed by atoms with Crippen LogP contribution in [0.25, 0.3) is 22.9 Å². The lowest BCUT2D eigenvalue weighted by Gasteiger charge is -1.98. The highest BCUT2D eigenvalue weighted by molar-refractivity contribution is 5.61. The van der Waals surface area contributed by atoms with Crippen molar-refractivity contribution in [3.05, 3.63) is 62.6 Å². The minimum absolute atomic E-state index is 0.0731. The summed E-state index contributed by atoms with van der Waals surface area (Å²) in [5.74, 6) is 0.273. The van der Waals surface area contributed by atoms with Crippen molar-refractivity contribution in [1.82, 2.24) is 45.4 Å². The van der Waals surface area contributed by atoms with Crippen molar-refractivity contribution in [1.29, 1.82) is 0 Å². The largest absolute Gasteiger partial charge is 0.519 e. The molecule has 5 heterocycles. The normalized spacial score (nSPS) is 11.3. The molecule has 0 unspecified atom stereocenters. The first-order valence-corrected chi connectivity index (χ1v) is 9.16. The van der Waals surface area contributed by atoms with Crippen molar-refractivity contribution in [2.45, 2.75) is 26.9 Å². The third kappa shape index (κ3) is 3.73. The van der Waals surface area contributed by atoms with Crippen LogP contribution in [-0.4, -0.2) is 45.4 Å². The molecule has 15 heteroatoms. The van der Waals surface area contributed by atoms with E-state index >= 15 is 0 Å². The number of rotatable bonds is 6. The Kier molecular flexibility index (Phi) is 4.54. The van der Waals surface area contributed by atoms with Crippen LogP contribution >= 0.6 is 0 Å². The number of nitrogens with zero attached hydrogens (tertiary/aromatic N) is 9. The van der Waals surface area contributed by atoms with Crippen molar-refractivity contribution < 1.29 is 17.7 Å². The van der Waals surface area contributed by atoms with Crippen LogP contribution < -0.4 is 11.6 Å². The summed E-state index contributed by atoms with van der Waals surface area (Å²) in [5, 5.41) is 24.4. The number of pyridine rings is 1. The molecule has 0 radical (unpaired) electrons. The minimum atomic E-state index is -0.794. The first-order chi connectivity index (χ1) is 15.4. The topological polar surface area (TPSA) is 187 Å². The monoisotopic (exact) mass is 439 g/mol. The Bertz CT molecular complexity index is 1410. The lowest BCUT2D eigenvalue weighted by Crippen LogP contribution is -2.04. The summed E-state index contributed by atoms with van der Waals surface area (Å²) >= 11 is 0. The van der Waals surface area contributed by atoms with E-state index in [1.807, 2.05) is 0 Å². The minimum Gasteiger partial charge on any atom is -0.396 e. The summed E-state index contributed by atoms with van der Waals surface area (Å²) in [6.45, 7) is 3.37. The fourth-order valence-corrected chi connectivity index (χ4v) is 2.82. The molecule has 162 valence electrons. The van der Waals surface area contributed by atoms with E-state index in [2.05, 4.69) is 35.8 Å². The fraction of sp³-hybridized carbons (Fsp3) is 0.235. The van der Waals surface area contributed by atoms with Crippen LogP contribution in [0.2, 0.25) is 0 Å². The van der Waals surface area contributed by atoms with Crippen LogP contribution in [0, 0.1) is 13.8 Å². The molecular weight excluding hydrogens is 426 g/mol. The maximum atomic E-state index is 11.2. The second-order valence-electron chi connectivity index (χ2n) is 6.58. The molecule has 0 saturated carbocycles.